The molecule has 2 saturated heterocycles. The maximum Gasteiger partial charge on any atom is 0.494 e. The Morgan fingerprint density at radius 3 is 2.41 bits per heavy atom. The third-order valence-electron chi connectivity index (χ3n) is 5.03. The normalized spacial score (nSPS) is 23.9. The molecule has 118 valence electrons. The lowest BCUT2D eigenvalue weighted by molar-refractivity contribution is -0.119. The summed E-state index contributed by atoms with van der Waals surface area (Å²) in [5.74, 6) is 0.206. The zero-order chi connectivity index (χ0) is 16.0. The summed E-state index contributed by atoms with van der Waals surface area (Å²) in [4.78, 5) is 14.0. The average Bonchev–Trinajstić information content (AvgIpc) is 2.68. The standard InChI is InChI=1S/C17H24BNO3/c1-16(2)17(3,4)22-18(21-16)13-8-7-9-14(12-13)19-11-6-5-10-15(19)20/h7-9,12H,5-6,10-11H2,1-4H3. The summed E-state index contributed by atoms with van der Waals surface area (Å²) < 4.78 is 12.2. The third-order valence-corrected chi connectivity index (χ3v) is 5.03. The van der Waals surface area contributed by atoms with Gasteiger partial charge in [0.1, 0.15) is 0 Å². The molecule has 2 fully saturated rings. The van der Waals surface area contributed by atoms with Gasteiger partial charge in [-0.2, -0.15) is 0 Å². The van der Waals surface area contributed by atoms with Crippen LogP contribution in [0.1, 0.15) is 47.0 Å². The summed E-state index contributed by atoms with van der Waals surface area (Å²) in [6.07, 6.45) is 2.69. The number of rotatable bonds is 2. The molecule has 2 aliphatic rings. The molecule has 0 N–H and O–H groups in total. The molecule has 0 spiro atoms. The molecular weight excluding hydrogens is 277 g/mol. The number of hydrogen-bond acceptors (Lipinski definition) is 3. The van der Waals surface area contributed by atoms with Gasteiger partial charge in [-0.25, -0.2) is 0 Å². The monoisotopic (exact) mass is 301 g/mol. The van der Waals surface area contributed by atoms with Gasteiger partial charge in [0.15, 0.2) is 0 Å². The van der Waals surface area contributed by atoms with Crippen LogP contribution >= 0.6 is 0 Å². The summed E-state index contributed by atoms with van der Waals surface area (Å²) in [7, 11) is -0.384. The molecule has 0 aliphatic carbocycles. The summed E-state index contributed by atoms with van der Waals surface area (Å²) in [5.41, 5.74) is 1.20. The molecule has 5 heteroatoms. The Morgan fingerprint density at radius 2 is 1.77 bits per heavy atom. The predicted molar refractivity (Wildman–Crippen MR) is 88.4 cm³/mol. The van der Waals surface area contributed by atoms with Crippen molar-refractivity contribution in [1.29, 1.82) is 0 Å². The van der Waals surface area contributed by atoms with Crippen LogP contribution in [0.15, 0.2) is 24.3 Å². The minimum absolute atomic E-state index is 0.206. The van der Waals surface area contributed by atoms with Gasteiger partial charge in [-0.05, 0) is 58.1 Å². The number of benzene rings is 1. The van der Waals surface area contributed by atoms with Crippen LogP contribution in [0.5, 0.6) is 0 Å². The first-order valence-corrected chi connectivity index (χ1v) is 8.06. The first kappa shape index (κ1) is 15.6. The molecule has 1 aromatic carbocycles. The van der Waals surface area contributed by atoms with Gasteiger partial charge < -0.3 is 14.2 Å². The number of carbonyl (C=O) groups excluding carboxylic acids is 1. The zero-order valence-corrected chi connectivity index (χ0v) is 13.9. The number of piperidine rings is 1. The number of hydrogen-bond donors (Lipinski definition) is 0. The van der Waals surface area contributed by atoms with Crippen LogP contribution in [0, 0.1) is 0 Å². The molecule has 4 nitrogen and oxygen atoms in total. The van der Waals surface area contributed by atoms with Gasteiger partial charge in [0.05, 0.1) is 11.2 Å². The highest BCUT2D eigenvalue weighted by Gasteiger charge is 2.51. The first-order chi connectivity index (χ1) is 10.3. The fraction of sp³-hybridized carbons (Fsp3) is 0.588. The molecule has 0 radical (unpaired) electrons. The minimum atomic E-state index is -0.384. The van der Waals surface area contributed by atoms with E-state index < -0.39 is 0 Å². The molecule has 3 rings (SSSR count). The summed E-state index contributed by atoms with van der Waals surface area (Å²) in [5, 5.41) is 0. The third kappa shape index (κ3) is 2.68. The maximum atomic E-state index is 12.1. The Morgan fingerprint density at radius 1 is 1.09 bits per heavy atom. The lowest BCUT2D eigenvalue weighted by Gasteiger charge is -2.32. The Balaban J connectivity index is 1.85. The summed E-state index contributed by atoms with van der Waals surface area (Å²) in [6, 6.07) is 7.97. The Hall–Kier alpha value is -1.33. The van der Waals surface area contributed by atoms with E-state index in [0.29, 0.717) is 6.42 Å². The first-order valence-electron chi connectivity index (χ1n) is 8.06. The maximum absolute atomic E-state index is 12.1. The van der Waals surface area contributed by atoms with Gasteiger partial charge in [-0.3, -0.25) is 4.79 Å². The summed E-state index contributed by atoms with van der Waals surface area (Å²) >= 11 is 0. The SMILES string of the molecule is CC1(C)OB(c2cccc(N3CCCCC3=O)c2)OC1(C)C. The van der Waals surface area contributed by atoms with Crippen molar-refractivity contribution < 1.29 is 14.1 Å². The van der Waals surface area contributed by atoms with Crippen molar-refractivity contribution in [3.05, 3.63) is 24.3 Å². The van der Waals surface area contributed by atoms with E-state index in [4.69, 9.17) is 9.31 Å². The number of amides is 1. The van der Waals surface area contributed by atoms with Crippen LogP contribution in [0.3, 0.4) is 0 Å². The Labute approximate surface area is 132 Å². The molecule has 2 heterocycles. The van der Waals surface area contributed by atoms with Crippen LogP contribution in [0.4, 0.5) is 5.69 Å². The minimum Gasteiger partial charge on any atom is -0.399 e. The number of nitrogens with zero attached hydrogens (tertiary/aromatic N) is 1. The Kier molecular flexibility index (Phi) is 3.81. The highest BCUT2D eigenvalue weighted by atomic mass is 16.7. The molecule has 0 unspecified atom stereocenters. The number of carbonyl (C=O) groups is 1. The molecule has 0 saturated carbocycles. The molecule has 2 aliphatic heterocycles. The average molecular weight is 301 g/mol. The van der Waals surface area contributed by atoms with E-state index in [1.807, 2.05) is 56.9 Å². The van der Waals surface area contributed by atoms with Gasteiger partial charge in [-0.15, -0.1) is 0 Å². The largest absolute Gasteiger partial charge is 0.494 e. The van der Waals surface area contributed by atoms with Crippen molar-refractivity contribution in [3.63, 3.8) is 0 Å². The van der Waals surface area contributed by atoms with Gasteiger partial charge >= 0.3 is 7.12 Å². The lowest BCUT2D eigenvalue weighted by atomic mass is 9.79. The highest BCUT2D eigenvalue weighted by Crippen LogP contribution is 2.36. The molecule has 0 bridgehead atoms. The fourth-order valence-electron chi connectivity index (χ4n) is 2.90. The van der Waals surface area contributed by atoms with E-state index in [0.717, 1.165) is 30.5 Å². The smallest absolute Gasteiger partial charge is 0.399 e. The van der Waals surface area contributed by atoms with Crippen molar-refractivity contribution in [2.75, 3.05) is 11.4 Å². The van der Waals surface area contributed by atoms with E-state index >= 15 is 0 Å². The van der Waals surface area contributed by atoms with Gasteiger partial charge in [0, 0.05) is 18.7 Å². The number of anilines is 1. The van der Waals surface area contributed by atoms with Gasteiger partial charge in [0.2, 0.25) is 5.91 Å². The van der Waals surface area contributed by atoms with Crippen molar-refractivity contribution in [1.82, 2.24) is 0 Å². The van der Waals surface area contributed by atoms with Crippen LogP contribution in [-0.4, -0.2) is 30.8 Å². The Bertz CT molecular complexity index is 569. The lowest BCUT2D eigenvalue weighted by Crippen LogP contribution is -2.41. The van der Waals surface area contributed by atoms with Crippen LogP contribution in [0.25, 0.3) is 0 Å². The summed E-state index contributed by atoms with van der Waals surface area (Å²) in [6.45, 7) is 8.98. The molecule has 22 heavy (non-hydrogen) atoms. The molecular formula is C17H24BNO3. The topological polar surface area (TPSA) is 38.8 Å². The van der Waals surface area contributed by atoms with Crippen LogP contribution < -0.4 is 10.4 Å². The van der Waals surface area contributed by atoms with E-state index in [2.05, 4.69) is 0 Å². The highest BCUT2D eigenvalue weighted by molar-refractivity contribution is 6.62. The predicted octanol–water partition coefficient (Wildman–Crippen LogP) is 2.50. The second kappa shape index (κ2) is 5.39. The van der Waals surface area contributed by atoms with Crippen molar-refractivity contribution in [2.45, 2.75) is 58.2 Å². The molecule has 1 aromatic rings. The van der Waals surface area contributed by atoms with E-state index in [9.17, 15) is 4.79 Å². The van der Waals surface area contributed by atoms with E-state index in [1.54, 1.807) is 0 Å². The van der Waals surface area contributed by atoms with E-state index in [1.165, 1.54) is 0 Å². The quantitative estimate of drug-likeness (QED) is 0.788. The zero-order valence-electron chi connectivity index (χ0n) is 13.9. The molecule has 0 atom stereocenters. The van der Waals surface area contributed by atoms with Crippen LogP contribution in [0.2, 0.25) is 0 Å². The fourth-order valence-corrected chi connectivity index (χ4v) is 2.90. The second-order valence-corrected chi connectivity index (χ2v) is 7.19. The second-order valence-electron chi connectivity index (χ2n) is 7.19. The van der Waals surface area contributed by atoms with E-state index in [-0.39, 0.29) is 24.2 Å². The van der Waals surface area contributed by atoms with Gasteiger partial charge in [-0.1, -0.05) is 12.1 Å². The van der Waals surface area contributed by atoms with Crippen molar-refractivity contribution >= 4 is 24.2 Å². The molecule has 1 amide bonds. The van der Waals surface area contributed by atoms with Crippen molar-refractivity contribution in [2.24, 2.45) is 0 Å². The van der Waals surface area contributed by atoms with Gasteiger partial charge in [0.25, 0.3) is 0 Å². The van der Waals surface area contributed by atoms with Crippen molar-refractivity contribution in [3.8, 4) is 0 Å². The van der Waals surface area contributed by atoms with Crippen LogP contribution in [-0.2, 0) is 14.1 Å². The molecule has 0 aromatic heterocycles.